The highest BCUT2D eigenvalue weighted by Crippen LogP contribution is 2.33. The van der Waals surface area contributed by atoms with Crippen LogP contribution in [0.5, 0.6) is 17.2 Å². The van der Waals surface area contributed by atoms with Gasteiger partial charge in [0.25, 0.3) is 5.91 Å². The van der Waals surface area contributed by atoms with Gasteiger partial charge in [-0.2, -0.15) is 0 Å². The number of nitrogens with one attached hydrogen (secondary N) is 1. The Morgan fingerprint density at radius 1 is 1.02 bits per heavy atom. The number of anilines is 1. The van der Waals surface area contributed by atoms with Gasteiger partial charge in [0.05, 0.1) is 24.5 Å². The summed E-state index contributed by atoms with van der Waals surface area (Å²) in [5.74, 6) is 1.58. The first kappa shape index (κ1) is 34.2. The Bertz CT molecular complexity index is 1580. The van der Waals surface area contributed by atoms with E-state index in [4.69, 9.17) is 15.2 Å². The van der Waals surface area contributed by atoms with Gasteiger partial charge in [-0.25, -0.2) is 0 Å². The van der Waals surface area contributed by atoms with Gasteiger partial charge in [0.15, 0.2) is 5.75 Å². The van der Waals surface area contributed by atoms with Crippen molar-refractivity contribution in [2.75, 3.05) is 45.7 Å². The van der Waals surface area contributed by atoms with Crippen molar-refractivity contribution in [1.82, 2.24) is 9.80 Å². The molecule has 1 heterocycles. The number of benzene rings is 4. The summed E-state index contributed by atoms with van der Waals surface area (Å²) in [7, 11) is 4.13. The molecule has 0 fully saturated rings. The highest BCUT2D eigenvalue weighted by molar-refractivity contribution is 6.02. The molecule has 4 N–H and O–H groups in total. The second kappa shape index (κ2) is 16.6. The van der Waals surface area contributed by atoms with E-state index in [2.05, 4.69) is 49.4 Å². The summed E-state index contributed by atoms with van der Waals surface area (Å²) >= 11 is 0. The number of amides is 2. The molecule has 2 atom stereocenters. The molecule has 0 radical (unpaired) electrons. The predicted octanol–water partition coefficient (Wildman–Crippen LogP) is 5.64. The molecule has 0 saturated heterocycles. The molecular formula is C37H44N4O5. The lowest BCUT2D eigenvalue weighted by Crippen LogP contribution is -2.40. The number of carbonyl (C=O) groups is 2. The standard InChI is InChI=1S/C21H25N3O4.C16H19NO/c1-14-12-24(10-11-25)21(27)16-8-5-9-17(19(16)28-13-14)23-20(26)18(22)15-6-3-2-4-7-15;1-13-6-4-5-7-16(13)18-15-10-8-14(9-11-15)12-17(2)3/h2-9,14,18,25H,10-13,22H2,1H3,(H,23,26);4-11H,12H2,1-3H3/t14-,18?;/m1./s1. The largest absolute Gasteiger partial charge is 0.490 e. The topological polar surface area (TPSA) is 117 Å². The molecule has 4 aromatic rings. The minimum Gasteiger partial charge on any atom is -0.490 e. The van der Waals surface area contributed by atoms with E-state index < -0.39 is 11.9 Å². The molecule has 9 nitrogen and oxygen atoms in total. The molecule has 1 aliphatic heterocycles. The summed E-state index contributed by atoms with van der Waals surface area (Å²) in [4.78, 5) is 29.3. The van der Waals surface area contributed by atoms with Crippen molar-refractivity contribution in [3.8, 4) is 17.2 Å². The number of hydrogen-bond donors (Lipinski definition) is 3. The molecule has 4 aromatic carbocycles. The van der Waals surface area contributed by atoms with Gasteiger partial charge >= 0.3 is 0 Å². The van der Waals surface area contributed by atoms with E-state index >= 15 is 0 Å². The van der Waals surface area contributed by atoms with Crippen LogP contribution in [0.1, 0.15) is 40.0 Å². The Morgan fingerprint density at radius 2 is 1.72 bits per heavy atom. The number of carbonyl (C=O) groups excluding carboxylic acids is 2. The van der Waals surface area contributed by atoms with Crippen LogP contribution < -0.4 is 20.5 Å². The van der Waals surface area contributed by atoms with Gasteiger partial charge in [-0.1, -0.05) is 73.7 Å². The Labute approximate surface area is 271 Å². The average molecular weight is 625 g/mol. The minimum absolute atomic E-state index is 0.0824. The summed E-state index contributed by atoms with van der Waals surface area (Å²) in [6.07, 6.45) is 0. The van der Waals surface area contributed by atoms with Crippen molar-refractivity contribution in [2.45, 2.75) is 26.4 Å². The lowest BCUT2D eigenvalue weighted by Gasteiger charge is -2.30. The summed E-state index contributed by atoms with van der Waals surface area (Å²) in [6, 6.07) is 29.5. The fourth-order valence-electron chi connectivity index (χ4n) is 5.03. The highest BCUT2D eigenvalue weighted by Gasteiger charge is 2.27. The van der Waals surface area contributed by atoms with Gasteiger partial charge < -0.3 is 35.4 Å². The minimum atomic E-state index is -0.842. The van der Waals surface area contributed by atoms with Gasteiger partial charge in [0, 0.05) is 25.6 Å². The van der Waals surface area contributed by atoms with Gasteiger partial charge in [0.1, 0.15) is 17.5 Å². The Kier molecular flexibility index (Phi) is 12.3. The quantitative estimate of drug-likeness (QED) is 0.221. The molecule has 0 aromatic heterocycles. The molecule has 0 bridgehead atoms. The predicted molar refractivity (Wildman–Crippen MR) is 181 cm³/mol. The second-order valence-corrected chi connectivity index (χ2v) is 11.7. The number of ether oxygens (including phenoxy) is 2. The van der Waals surface area contributed by atoms with Crippen LogP contribution in [0.15, 0.2) is 97.1 Å². The van der Waals surface area contributed by atoms with Crippen molar-refractivity contribution < 1.29 is 24.2 Å². The van der Waals surface area contributed by atoms with E-state index in [0.29, 0.717) is 35.7 Å². The zero-order valence-corrected chi connectivity index (χ0v) is 27.0. The number of nitrogens with zero attached hydrogens (tertiary/aromatic N) is 2. The van der Waals surface area contributed by atoms with Crippen LogP contribution >= 0.6 is 0 Å². The van der Waals surface area contributed by atoms with Gasteiger partial charge in [-0.15, -0.1) is 0 Å². The number of aliphatic hydroxyl groups is 1. The highest BCUT2D eigenvalue weighted by atomic mass is 16.5. The van der Waals surface area contributed by atoms with Crippen LogP contribution in [0.4, 0.5) is 5.69 Å². The van der Waals surface area contributed by atoms with E-state index in [-0.39, 0.29) is 25.0 Å². The van der Waals surface area contributed by atoms with Crippen LogP contribution in [0.25, 0.3) is 0 Å². The molecule has 9 heteroatoms. The molecule has 46 heavy (non-hydrogen) atoms. The first-order valence-corrected chi connectivity index (χ1v) is 15.4. The van der Waals surface area contributed by atoms with Crippen molar-refractivity contribution >= 4 is 17.5 Å². The molecule has 5 rings (SSSR count). The number of para-hydroxylation sites is 2. The number of β-amino-alcohol motifs (C(OH)–C–C–N with tert-alkyl or cyclic N) is 1. The van der Waals surface area contributed by atoms with Gasteiger partial charge in [-0.3, -0.25) is 9.59 Å². The number of hydrogen-bond acceptors (Lipinski definition) is 7. The first-order chi connectivity index (χ1) is 22.2. The van der Waals surface area contributed by atoms with Crippen molar-refractivity contribution in [2.24, 2.45) is 11.7 Å². The summed E-state index contributed by atoms with van der Waals surface area (Å²) in [5.41, 5.74) is 9.96. The third kappa shape index (κ3) is 9.40. The van der Waals surface area contributed by atoms with E-state index in [1.54, 1.807) is 35.2 Å². The Morgan fingerprint density at radius 3 is 2.39 bits per heavy atom. The van der Waals surface area contributed by atoms with Crippen molar-refractivity contribution in [3.05, 3.63) is 119 Å². The van der Waals surface area contributed by atoms with Crippen molar-refractivity contribution in [3.63, 3.8) is 0 Å². The zero-order valence-electron chi connectivity index (χ0n) is 27.0. The maximum atomic E-state index is 12.9. The smallest absolute Gasteiger partial charge is 0.257 e. The van der Waals surface area contributed by atoms with Crippen LogP contribution in [0.2, 0.25) is 0 Å². The third-order valence-corrected chi connectivity index (χ3v) is 7.39. The third-order valence-electron chi connectivity index (χ3n) is 7.39. The number of nitrogens with two attached hydrogens (primary N) is 1. The van der Waals surface area contributed by atoms with Gasteiger partial charge in [0.2, 0.25) is 5.91 Å². The number of aliphatic hydroxyl groups excluding tert-OH is 1. The van der Waals surface area contributed by atoms with Crippen LogP contribution in [0.3, 0.4) is 0 Å². The molecule has 0 spiro atoms. The first-order valence-electron chi connectivity index (χ1n) is 15.4. The maximum Gasteiger partial charge on any atom is 0.257 e. The summed E-state index contributed by atoms with van der Waals surface area (Å²) < 4.78 is 11.7. The normalized spacial score (nSPS) is 15.0. The second-order valence-electron chi connectivity index (χ2n) is 11.7. The lowest BCUT2D eigenvalue weighted by atomic mass is 10.1. The number of fused-ring (bicyclic) bond motifs is 1. The van der Waals surface area contributed by atoms with Crippen LogP contribution in [-0.4, -0.2) is 67.1 Å². The molecular weight excluding hydrogens is 580 g/mol. The van der Waals surface area contributed by atoms with Crippen molar-refractivity contribution in [1.29, 1.82) is 0 Å². The Hall–Kier alpha value is -4.70. The van der Waals surface area contributed by atoms with E-state index in [1.165, 1.54) is 5.56 Å². The zero-order chi connectivity index (χ0) is 33.1. The fourth-order valence-corrected chi connectivity index (χ4v) is 5.03. The lowest BCUT2D eigenvalue weighted by molar-refractivity contribution is -0.117. The molecule has 242 valence electrons. The Balaban J connectivity index is 0.000000230. The molecule has 0 saturated carbocycles. The maximum absolute atomic E-state index is 12.9. The fraction of sp³-hybridized carbons (Fsp3) is 0.297. The van der Waals surface area contributed by atoms with Gasteiger partial charge in [-0.05, 0) is 68.0 Å². The molecule has 2 amide bonds. The van der Waals surface area contributed by atoms with E-state index in [0.717, 1.165) is 23.6 Å². The summed E-state index contributed by atoms with van der Waals surface area (Å²) in [6.45, 7) is 5.98. The molecule has 0 aliphatic carbocycles. The molecule has 1 aliphatic rings. The monoisotopic (exact) mass is 624 g/mol. The molecule has 1 unspecified atom stereocenters. The summed E-state index contributed by atoms with van der Waals surface area (Å²) in [5, 5.41) is 12.1. The van der Waals surface area contributed by atoms with E-state index in [9.17, 15) is 14.7 Å². The van der Waals surface area contributed by atoms with Crippen LogP contribution in [-0.2, 0) is 11.3 Å². The van der Waals surface area contributed by atoms with Crippen LogP contribution in [0, 0.1) is 12.8 Å². The number of aryl methyl sites for hydroxylation is 1. The SMILES string of the molecule is C[C@H]1COc2c(NC(=O)C(N)c3ccccc3)cccc2C(=O)N(CCO)C1.Cc1ccccc1Oc1ccc(CN(C)C)cc1. The van der Waals surface area contributed by atoms with E-state index in [1.807, 2.05) is 55.5 Å². The average Bonchev–Trinajstić information content (AvgIpc) is 3.05. The number of rotatable bonds is 9.